The molecule has 1 rings (SSSR count). The topological polar surface area (TPSA) is 106 Å². The fourth-order valence-electron chi connectivity index (χ4n) is 0.577. The number of methoxy groups -OCH3 is 1. The lowest BCUT2D eigenvalue weighted by molar-refractivity contribution is -0.138. The van der Waals surface area contributed by atoms with Crippen LogP contribution >= 0.6 is 0 Å². The molecule has 0 saturated carbocycles. The monoisotopic (exact) mass is 171 g/mol. The molecule has 7 nitrogen and oxygen atoms in total. The van der Waals surface area contributed by atoms with Crippen LogP contribution in [0.15, 0.2) is 0 Å². The van der Waals surface area contributed by atoms with Crippen molar-refractivity contribution < 1.29 is 9.53 Å². The molecule has 0 aliphatic rings. The van der Waals surface area contributed by atoms with Crippen LogP contribution in [0.5, 0.6) is 0 Å². The first-order valence-electron chi connectivity index (χ1n) is 3.21. The Hall–Kier alpha value is -1.79. The van der Waals surface area contributed by atoms with Gasteiger partial charge >= 0.3 is 5.97 Å². The number of rotatable bonds is 3. The van der Waals surface area contributed by atoms with Gasteiger partial charge in [0.15, 0.2) is 0 Å². The van der Waals surface area contributed by atoms with E-state index in [4.69, 9.17) is 5.73 Å². The second kappa shape index (κ2) is 3.56. The smallest absolute Gasteiger partial charge is 0.325 e. The van der Waals surface area contributed by atoms with Crippen molar-refractivity contribution in [1.82, 2.24) is 15.2 Å². The molecule has 0 fully saturated rings. The molecule has 4 N–H and O–H groups in total. The van der Waals surface area contributed by atoms with Crippen molar-refractivity contribution in [1.29, 1.82) is 0 Å². The van der Waals surface area contributed by atoms with Gasteiger partial charge in [-0.15, -0.1) is 5.10 Å². The van der Waals surface area contributed by atoms with Crippen molar-refractivity contribution in [3.05, 3.63) is 0 Å². The highest BCUT2D eigenvalue weighted by molar-refractivity contribution is 5.74. The fourth-order valence-corrected chi connectivity index (χ4v) is 0.577. The minimum atomic E-state index is -0.390. The van der Waals surface area contributed by atoms with Crippen LogP contribution < -0.4 is 11.1 Å². The molecule has 0 bridgehead atoms. The van der Waals surface area contributed by atoms with Gasteiger partial charge < -0.3 is 15.8 Å². The number of nitrogens with zero attached hydrogens (tertiary/aromatic N) is 2. The number of nitrogen functional groups attached to an aromatic ring is 1. The number of hydrogen-bond donors (Lipinski definition) is 3. The first kappa shape index (κ1) is 8.31. The molecule has 1 heterocycles. The van der Waals surface area contributed by atoms with Crippen LogP contribution in [0.2, 0.25) is 0 Å². The van der Waals surface area contributed by atoms with Gasteiger partial charge in [0, 0.05) is 0 Å². The Bertz CT molecular complexity index is 271. The molecule has 0 atom stereocenters. The average molecular weight is 171 g/mol. The van der Waals surface area contributed by atoms with Crippen LogP contribution in [-0.2, 0) is 9.53 Å². The zero-order valence-corrected chi connectivity index (χ0v) is 6.50. The summed E-state index contributed by atoms with van der Waals surface area (Å²) in [6.45, 7) is 0.0216. The maximum atomic E-state index is 10.6. The van der Waals surface area contributed by atoms with Crippen molar-refractivity contribution >= 4 is 17.9 Å². The third-order valence-corrected chi connectivity index (χ3v) is 1.12. The van der Waals surface area contributed by atoms with E-state index in [2.05, 4.69) is 25.2 Å². The largest absolute Gasteiger partial charge is 0.468 e. The molecule has 0 radical (unpaired) electrons. The standard InChI is InChI=1S/C5H9N5O2/c1-12-3(11)2-7-5-8-4(6)9-10-5/h2H2,1H3,(H4,6,7,8,9,10). The predicted molar refractivity (Wildman–Crippen MR) is 41.3 cm³/mol. The highest BCUT2D eigenvalue weighted by Gasteiger charge is 2.02. The van der Waals surface area contributed by atoms with Gasteiger partial charge in [-0.25, -0.2) is 5.10 Å². The molecule has 0 aliphatic heterocycles. The summed E-state index contributed by atoms with van der Waals surface area (Å²) in [5.41, 5.74) is 5.23. The molecule has 0 aromatic carbocycles. The Labute approximate surface area is 68.3 Å². The van der Waals surface area contributed by atoms with Crippen LogP contribution in [0, 0.1) is 0 Å². The average Bonchev–Trinajstić information content (AvgIpc) is 2.47. The summed E-state index contributed by atoms with van der Waals surface area (Å²) >= 11 is 0. The quantitative estimate of drug-likeness (QED) is 0.502. The van der Waals surface area contributed by atoms with Gasteiger partial charge in [-0.3, -0.25) is 4.79 Å². The lowest BCUT2D eigenvalue weighted by atomic mass is 10.6. The lowest BCUT2D eigenvalue weighted by Gasteiger charge is -1.97. The first-order valence-corrected chi connectivity index (χ1v) is 3.21. The molecule has 1 aromatic rings. The first-order chi connectivity index (χ1) is 5.72. The molecule has 12 heavy (non-hydrogen) atoms. The molecule has 66 valence electrons. The number of nitrogens with two attached hydrogens (primary N) is 1. The minimum absolute atomic E-state index is 0.0216. The zero-order chi connectivity index (χ0) is 8.97. The van der Waals surface area contributed by atoms with E-state index in [9.17, 15) is 4.79 Å². The van der Waals surface area contributed by atoms with E-state index in [-0.39, 0.29) is 18.4 Å². The van der Waals surface area contributed by atoms with Crippen LogP contribution in [0.1, 0.15) is 0 Å². The second-order valence-electron chi connectivity index (χ2n) is 1.97. The zero-order valence-electron chi connectivity index (χ0n) is 6.50. The number of hydrogen-bond acceptors (Lipinski definition) is 6. The van der Waals surface area contributed by atoms with Crippen molar-refractivity contribution in [2.45, 2.75) is 0 Å². The molecular weight excluding hydrogens is 162 g/mol. The van der Waals surface area contributed by atoms with Crippen LogP contribution in [0.4, 0.5) is 11.9 Å². The van der Waals surface area contributed by atoms with E-state index in [1.807, 2.05) is 0 Å². The Morgan fingerprint density at radius 1 is 1.83 bits per heavy atom. The Kier molecular flexibility index (Phi) is 2.46. The Balaban J connectivity index is 2.38. The van der Waals surface area contributed by atoms with E-state index in [1.165, 1.54) is 7.11 Å². The van der Waals surface area contributed by atoms with E-state index < -0.39 is 5.97 Å². The van der Waals surface area contributed by atoms with Crippen molar-refractivity contribution in [2.75, 3.05) is 24.7 Å². The molecule has 0 spiro atoms. The van der Waals surface area contributed by atoms with E-state index in [0.29, 0.717) is 0 Å². The summed E-state index contributed by atoms with van der Waals surface area (Å²) in [4.78, 5) is 14.3. The Morgan fingerprint density at radius 2 is 2.58 bits per heavy atom. The number of aromatic nitrogens is 3. The highest BCUT2D eigenvalue weighted by Crippen LogP contribution is 1.97. The SMILES string of the molecule is COC(=O)CNc1n[nH]c(N)n1. The fraction of sp³-hybridized carbons (Fsp3) is 0.400. The Morgan fingerprint density at radius 3 is 3.08 bits per heavy atom. The minimum Gasteiger partial charge on any atom is -0.468 e. The number of carbonyl (C=O) groups is 1. The second-order valence-corrected chi connectivity index (χ2v) is 1.97. The highest BCUT2D eigenvalue weighted by atomic mass is 16.5. The van der Waals surface area contributed by atoms with Gasteiger partial charge in [-0.1, -0.05) is 0 Å². The van der Waals surface area contributed by atoms with E-state index in [0.717, 1.165) is 0 Å². The summed E-state index contributed by atoms with van der Waals surface area (Å²) in [6, 6.07) is 0. The van der Waals surface area contributed by atoms with Crippen molar-refractivity contribution in [2.24, 2.45) is 0 Å². The third-order valence-electron chi connectivity index (χ3n) is 1.12. The predicted octanol–water partition coefficient (Wildman–Crippen LogP) is -1.03. The summed E-state index contributed by atoms with van der Waals surface area (Å²) < 4.78 is 4.38. The maximum Gasteiger partial charge on any atom is 0.325 e. The summed E-state index contributed by atoms with van der Waals surface area (Å²) in [5.74, 6) is 0.0821. The number of aromatic amines is 1. The van der Waals surface area contributed by atoms with Crippen LogP contribution in [0.25, 0.3) is 0 Å². The molecular formula is C5H9N5O2. The van der Waals surface area contributed by atoms with Gasteiger partial charge in [0.2, 0.25) is 11.9 Å². The molecule has 7 heteroatoms. The van der Waals surface area contributed by atoms with Crippen LogP contribution in [0.3, 0.4) is 0 Å². The third kappa shape index (κ3) is 2.11. The molecule has 0 unspecified atom stereocenters. The molecule has 1 aromatic heterocycles. The number of nitrogens with one attached hydrogen (secondary N) is 2. The number of anilines is 2. The lowest BCUT2D eigenvalue weighted by Crippen LogP contribution is -2.15. The van der Waals surface area contributed by atoms with E-state index in [1.54, 1.807) is 0 Å². The molecule has 0 amide bonds. The van der Waals surface area contributed by atoms with Gasteiger partial charge in [-0.2, -0.15) is 4.98 Å². The maximum absolute atomic E-state index is 10.6. The van der Waals surface area contributed by atoms with Crippen molar-refractivity contribution in [3.8, 4) is 0 Å². The van der Waals surface area contributed by atoms with Crippen molar-refractivity contribution in [3.63, 3.8) is 0 Å². The van der Waals surface area contributed by atoms with Gasteiger partial charge in [-0.05, 0) is 0 Å². The van der Waals surface area contributed by atoms with Crippen LogP contribution in [-0.4, -0.2) is 34.8 Å². The van der Waals surface area contributed by atoms with Gasteiger partial charge in [0.1, 0.15) is 6.54 Å². The van der Waals surface area contributed by atoms with Gasteiger partial charge in [0.05, 0.1) is 7.11 Å². The summed E-state index contributed by atoms with van der Waals surface area (Å²) in [7, 11) is 1.30. The molecule has 0 saturated heterocycles. The van der Waals surface area contributed by atoms with E-state index >= 15 is 0 Å². The normalized spacial score (nSPS) is 9.42. The number of carbonyl (C=O) groups excluding carboxylic acids is 1. The van der Waals surface area contributed by atoms with Gasteiger partial charge in [0.25, 0.3) is 0 Å². The number of ether oxygens (including phenoxy) is 1. The summed E-state index contributed by atoms with van der Waals surface area (Å²) in [5, 5.41) is 8.66. The summed E-state index contributed by atoms with van der Waals surface area (Å²) in [6.07, 6.45) is 0. The number of esters is 1. The number of H-pyrrole nitrogens is 1. The molecule has 0 aliphatic carbocycles.